The number of rotatable bonds is 11. The largest absolute Gasteiger partial charge is 0.383 e. The van der Waals surface area contributed by atoms with Crippen LogP contribution in [0.25, 0.3) is 5.57 Å². The molecule has 0 spiro atoms. The van der Waals surface area contributed by atoms with Crippen LogP contribution in [0.4, 0.5) is 4.39 Å². The van der Waals surface area contributed by atoms with Crippen LogP contribution in [-0.4, -0.2) is 68.7 Å². The minimum atomic E-state index is -0.329. The number of benzene rings is 2. The first-order valence-corrected chi connectivity index (χ1v) is 11.0. The smallest absolute Gasteiger partial charge is 0.277 e. The van der Waals surface area contributed by atoms with Crippen molar-refractivity contribution < 1.29 is 23.5 Å². The molecule has 0 atom stereocenters. The van der Waals surface area contributed by atoms with Gasteiger partial charge in [-0.1, -0.05) is 35.9 Å². The Morgan fingerprint density at radius 2 is 1.55 bits per heavy atom. The molecule has 2 aromatic rings. The van der Waals surface area contributed by atoms with Gasteiger partial charge in [0.05, 0.1) is 18.8 Å². The van der Waals surface area contributed by atoms with Gasteiger partial charge in [-0.3, -0.25) is 14.5 Å². The second kappa shape index (κ2) is 11.2. The fourth-order valence-corrected chi connectivity index (χ4v) is 4.03. The first kappa shape index (κ1) is 24.6. The van der Waals surface area contributed by atoms with Crippen molar-refractivity contribution in [2.45, 2.75) is 20.3 Å². The summed E-state index contributed by atoms with van der Waals surface area (Å²) < 4.78 is 23.8. The molecule has 0 unspecified atom stereocenters. The molecule has 0 bridgehead atoms. The van der Waals surface area contributed by atoms with E-state index in [0.29, 0.717) is 44.0 Å². The Morgan fingerprint density at radius 1 is 0.909 bits per heavy atom. The molecule has 7 heteroatoms. The molecule has 0 radical (unpaired) electrons. The topological polar surface area (TPSA) is 59.1 Å². The summed E-state index contributed by atoms with van der Waals surface area (Å²) in [5, 5.41) is 0. The highest BCUT2D eigenvalue weighted by Gasteiger charge is 2.41. The maximum Gasteiger partial charge on any atom is 0.277 e. The number of hydrogen-bond donors (Lipinski definition) is 0. The van der Waals surface area contributed by atoms with Gasteiger partial charge in [0.2, 0.25) is 0 Å². The van der Waals surface area contributed by atoms with Crippen LogP contribution < -0.4 is 0 Å². The number of aryl methyl sites for hydroxylation is 2. The molecule has 1 aliphatic rings. The molecule has 2 amide bonds. The van der Waals surface area contributed by atoms with Gasteiger partial charge in [-0.05, 0) is 49.1 Å². The van der Waals surface area contributed by atoms with E-state index in [-0.39, 0.29) is 24.2 Å². The van der Waals surface area contributed by atoms with Crippen LogP contribution in [-0.2, 0) is 25.5 Å². The first-order valence-electron chi connectivity index (χ1n) is 11.0. The summed E-state index contributed by atoms with van der Waals surface area (Å²) in [7, 11) is 3.20. The number of hydrogen-bond acceptors (Lipinski definition) is 5. The van der Waals surface area contributed by atoms with E-state index in [1.807, 2.05) is 36.9 Å². The summed E-state index contributed by atoms with van der Waals surface area (Å²) in [6.07, 6.45) is 0.446. The number of halogens is 1. The number of methoxy groups -OCH3 is 2. The van der Waals surface area contributed by atoms with Gasteiger partial charge in [-0.15, -0.1) is 0 Å². The average Bonchev–Trinajstić information content (AvgIpc) is 3.03. The predicted molar refractivity (Wildman–Crippen MR) is 125 cm³/mol. The lowest BCUT2D eigenvalue weighted by atomic mass is 9.97. The third-order valence-corrected chi connectivity index (χ3v) is 5.78. The predicted octanol–water partition coefficient (Wildman–Crippen LogP) is 3.36. The van der Waals surface area contributed by atoms with Crippen LogP contribution in [0.5, 0.6) is 0 Å². The van der Waals surface area contributed by atoms with Crippen LogP contribution >= 0.6 is 0 Å². The molecule has 6 nitrogen and oxygen atoms in total. The molecule has 1 heterocycles. The van der Waals surface area contributed by atoms with Crippen LogP contribution in [0.3, 0.4) is 0 Å². The highest BCUT2D eigenvalue weighted by molar-refractivity contribution is 6.35. The summed E-state index contributed by atoms with van der Waals surface area (Å²) in [5.41, 5.74) is 4.40. The number of amides is 2. The molecule has 33 heavy (non-hydrogen) atoms. The normalized spacial score (nSPS) is 13.9. The second-order valence-corrected chi connectivity index (χ2v) is 8.15. The van der Waals surface area contributed by atoms with Gasteiger partial charge >= 0.3 is 0 Å². The van der Waals surface area contributed by atoms with E-state index in [1.54, 1.807) is 26.4 Å². The molecular weight excluding hydrogens is 423 g/mol. The zero-order valence-electron chi connectivity index (χ0n) is 19.7. The van der Waals surface area contributed by atoms with E-state index in [0.717, 1.165) is 22.3 Å². The molecule has 0 aromatic heterocycles. The van der Waals surface area contributed by atoms with Gasteiger partial charge in [0.25, 0.3) is 11.8 Å². The highest BCUT2D eigenvalue weighted by Crippen LogP contribution is 2.33. The first-order chi connectivity index (χ1) is 15.9. The SMILES string of the molecule is COCCN(CCOC)C1=C(c2ccc(C)cc2C)C(=O)N(CCc2ccc(F)cc2)C1=O. The number of carbonyl (C=O) groups is 2. The lowest BCUT2D eigenvalue weighted by molar-refractivity contribution is -0.137. The number of imide groups is 1. The van der Waals surface area contributed by atoms with Gasteiger partial charge in [0.1, 0.15) is 11.5 Å². The van der Waals surface area contributed by atoms with Crippen molar-refractivity contribution in [1.82, 2.24) is 9.80 Å². The summed E-state index contributed by atoms with van der Waals surface area (Å²) in [6.45, 7) is 5.87. The molecule has 2 aromatic carbocycles. The molecule has 0 saturated heterocycles. The molecule has 0 saturated carbocycles. The van der Waals surface area contributed by atoms with Crippen molar-refractivity contribution in [3.05, 3.63) is 76.2 Å². The Kier molecular flexibility index (Phi) is 8.36. The Morgan fingerprint density at radius 3 is 2.12 bits per heavy atom. The van der Waals surface area contributed by atoms with Crippen LogP contribution in [0.15, 0.2) is 48.2 Å². The summed E-state index contributed by atoms with van der Waals surface area (Å²) in [6, 6.07) is 12.0. The monoisotopic (exact) mass is 454 g/mol. The lowest BCUT2D eigenvalue weighted by Crippen LogP contribution is -2.38. The number of ether oxygens (including phenoxy) is 2. The fraction of sp³-hybridized carbons (Fsp3) is 0.385. The molecule has 0 fully saturated rings. The van der Waals surface area contributed by atoms with Crippen molar-refractivity contribution in [2.75, 3.05) is 47.1 Å². The van der Waals surface area contributed by atoms with Gasteiger partial charge < -0.3 is 14.4 Å². The van der Waals surface area contributed by atoms with E-state index >= 15 is 0 Å². The van der Waals surface area contributed by atoms with E-state index in [4.69, 9.17) is 9.47 Å². The minimum absolute atomic E-state index is 0.212. The van der Waals surface area contributed by atoms with Gasteiger partial charge in [-0.25, -0.2) is 4.39 Å². The zero-order valence-corrected chi connectivity index (χ0v) is 19.7. The van der Waals surface area contributed by atoms with Gasteiger partial charge in [-0.2, -0.15) is 0 Å². The standard InChI is InChI=1S/C26H31FN2O4/c1-18-5-10-22(19(2)17-18)23-24(28(13-15-32-3)14-16-33-4)26(31)29(25(23)30)12-11-20-6-8-21(27)9-7-20/h5-10,17H,11-16H2,1-4H3. The molecule has 176 valence electrons. The van der Waals surface area contributed by atoms with E-state index in [9.17, 15) is 14.0 Å². The Labute approximate surface area is 194 Å². The van der Waals surface area contributed by atoms with Crippen molar-refractivity contribution in [3.8, 4) is 0 Å². The maximum atomic E-state index is 13.6. The van der Waals surface area contributed by atoms with E-state index in [1.165, 1.54) is 17.0 Å². The third-order valence-electron chi connectivity index (χ3n) is 5.78. The number of carbonyl (C=O) groups excluding carboxylic acids is 2. The molecule has 0 N–H and O–H groups in total. The van der Waals surface area contributed by atoms with Crippen LogP contribution in [0.1, 0.15) is 22.3 Å². The maximum absolute atomic E-state index is 13.6. The Bertz CT molecular complexity index is 1030. The summed E-state index contributed by atoms with van der Waals surface area (Å²) in [5.74, 6) is -0.965. The summed E-state index contributed by atoms with van der Waals surface area (Å²) >= 11 is 0. The zero-order chi connectivity index (χ0) is 24.0. The summed E-state index contributed by atoms with van der Waals surface area (Å²) in [4.78, 5) is 30.3. The minimum Gasteiger partial charge on any atom is -0.383 e. The molecule has 1 aliphatic heterocycles. The third kappa shape index (κ3) is 5.67. The number of nitrogens with zero attached hydrogens (tertiary/aromatic N) is 2. The van der Waals surface area contributed by atoms with Crippen LogP contribution in [0.2, 0.25) is 0 Å². The van der Waals surface area contributed by atoms with Gasteiger partial charge in [0, 0.05) is 33.9 Å². The van der Waals surface area contributed by atoms with Crippen LogP contribution in [0, 0.1) is 19.7 Å². The van der Waals surface area contributed by atoms with Crippen molar-refractivity contribution in [1.29, 1.82) is 0 Å². The quantitative estimate of drug-likeness (QED) is 0.488. The lowest BCUT2D eigenvalue weighted by Gasteiger charge is -2.26. The fourth-order valence-electron chi connectivity index (χ4n) is 4.03. The van der Waals surface area contributed by atoms with Crippen molar-refractivity contribution in [2.24, 2.45) is 0 Å². The molecule has 0 aliphatic carbocycles. The highest BCUT2D eigenvalue weighted by atomic mass is 19.1. The molecule has 3 rings (SSSR count). The van der Waals surface area contributed by atoms with Gasteiger partial charge in [0.15, 0.2) is 0 Å². The Hall–Kier alpha value is -3.03. The average molecular weight is 455 g/mol. The Balaban J connectivity index is 1.99. The second-order valence-electron chi connectivity index (χ2n) is 8.15. The van der Waals surface area contributed by atoms with Crippen molar-refractivity contribution in [3.63, 3.8) is 0 Å². The van der Waals surface area contributed by atoms with E-state index < -0.39 is 0 Å². The van der Waals surface area contributed by atoms with Crippen molar-refractivity contribution >= 4 is 17.4 Å². The van der Waals surface area contributed by atoms with E-state index in [2.05, 4.69) is 0 Å². The molecular formula is C26H31FN2O4.